The second-order valence-electron chi connectivity index (χ2n) is 5.20. The molecule has 2 aromatic rings. The SMILES string of the molecule is CCCCOCC(O)COc1ccc(OC)c2ccccc12. The molecular weight excluding hydrogens is 280 g/mol. The number of rotatable bonds is 9. The van der Waals surface area contributed by atoms with Gasteiger partial charge in [0.1, 0.15) is 24.2 Å². The monoisotopic (exact) mass is 304 g/mol. The molecule has 0 radical (unpaired) electrons. The Balaban J connectivity index is 1.97. The van der Waals surface area contributed by atoms with E-state index in [1.54, 1.807) is 7.11 Å². The van der Waals surface area contributed by atoms with Crippen LogP contribution in [-0.4, -0.2) is 38.1 Å². The molecule has 22 heavy (non-hydrogen) atoms. The van der Waals surface area contributed by atoms with Gasteiger partial charge in [-0.25, -0.2) is 0 Å². The third-order valence-electron chi connectivity index (χ3n) is 3.45. The van der Waals surface area contributed by atoms with Crippen LogP contribution in [0.5, 0.6) is 11.5 Å². The summed E-state index contributed by atoms with van der Waals surface area (Å²) < 4.78 is 16.5. The number of fused-ring (bicyclic) bond motifs is 1. The fourth-order valence-corrected chi connectivity index (χ4v) is 2.25. The summed E-state index contributed by atoms with van der Waals surface area (Å²) in [6.45, 7) is 3.30. The van der Waals surface area contributed by atoms with Crippen LogP contribution in [0.3, 0.4) is 0 Å². The molecule has 0 bridgehead atoms. The molecule has 0 spiro atoms. The Labute approximate surface area is 131 Å². The molecule has 4 nitrogen and oxygen atoms in total. The molecule has 0 aromatic heterocycles. The highest BCUT2D eigenvalue weighted by Gasteiger charge is 2.10. The molecule has 0 heterocycles. The fourth-order valence-electron chi connectivity index (χ4n) is 2.25. The van der Waals surface area contributed by atoms with Crippen LogP contribution in [0.2, 0.25) is 0 Å². The smallest absolute Gasteiger partial charge is 0.127 e. The van der Waals surface area contributed by atoms with Gasteiger partial charge in [-0.1, -0.05) is 37.6 Å². The lowest BCUT2D eigenvalue weighted by molar-refractivity contribution is 0.0116. The van der Waals surface area contributed by atoms with E-state index in [1.807, 2.05) is 36.4 Å². The third-order valence-corrected chi connectivity index (χ3v) is 3.45. The first-order valence-electron chi connectivity index (χ1n) is 7.70. The Hall–Kier alpha value is -1.78. The molecule has 0 aliphatic carbocycles. The second kappa shape index (κ2) is 8.61. The standard InChI is InChI=1S/C18H24O4/c1-3-4-11-21-12-14(19)13-22-18-10-9-17(20-2)15-7-5-6-8-16(15)18/h5-10,14,19H,3-4,11-13H2,1-2H3. The highest BCUT2D eigenvalue weighted by molar-refractivity contribution is 5.93. The van der Waals surface area contributed by atoms with Crippen molar-refractivity contribution in [3.05, 3.63) is 36.4 Å². The molecular formula is C18H24O4. The number of aliphatic hydroxyl groups is 1. The lowest BCUT2D eigenvalue weighted by atomic mass is 10.1. The minimum atomic E-state index is -0.627. The molecule has 0 aliphatic rings. The number of unbranched alkanes of at least 4 members (excludes halogenated alkanes) is 1. The van der Waals surface area contributed by atoms with Crippen molar-refractivity contribution in [2.45, 2.75) is 25.9 Å². The highest BCUT2D eigenvalue weighted by atomic mass is 16.5. The molecule has 4 heteroatoms. The van der Waals surface area contributed by atoms with Crippen molar-refractivity contribution < 1.29 is 19.3 Å². The van der Waals surface area contributed by atoms with Gasteiger partial charge in [-0.3, -0.25) is 0 Å². The van der Waals surface area contributed by atoms with Crippen molar-refractivity contribution in [1.29, 1.82) is 0 Å². The van der Waals surface area contributed by atoms with Crippen LogP contribution in [0.25, 0.3) is 10.8 Å². The Morgan fingerprint density at radius 2 is 1.68 bits per heavy atom. The lowest BCUT2D eigenvalue weighted by Crippen LogP contribution is -2.23. The summed E-state index contributed by atoms with van der Waals surface area (Å²) in [7, 11) is 1.65. The quantitative estimate of drug-likeness (QED) is 0.721. The Morgan fingerprint density at radius 1 is 1.00 bits per heavy atom. The number of methoxy groups -OCH3 is 1. The molecule has 1 atom stereocenters. The number of hydrogen-bond acceptors (Lipinski definition) is 4. The molecule has 0 fully saturated rings. The molecule has 0 saturated carbocycles. The maximum Gasteiger partial charge on any atom is 0.127 e. The van der Waals surface area contributed by atoms with Gasteiger partial charge in [0.2, 0.25) is 0 Å². The molecule has 0 aliphatic heterocycles. The van der Waals surface area contributed by atoms with Crippen molar-refractivity contribution in [2.24, 2.45) is 0 Å². The average Bonchev–Trinajstić information content (AvgIpc) is 2.56. The van der Waals surface area contributed by atoms with Gasteiger partial charge in [0.05, 0.1) is 13.7 Å². The predicted octanol–water partition coefficient (Wildman–Crippen LogP) is 3.40. The predicted molar refractivity (Wildman–Crippen MR) is 87.7 cm³/mol. The van der Waals surface area contributed by atoms with Crippen molar-refractivity contribution in [1.82, 2.24) is 0 Å². The van der Waals surface area contributed by atoms with E-state index in [4.69, 9.17) is 14.2 Å². The summed E-state index contributed by atoms with van der Waals surface area (Å²) in [5, 5.41) is 11.9. The topological polar surface area (TPSA) is 47.9 Å². The van der Waals surface area contributed by atoms with Crippen LogP contribution >= 0.6 is 0 Å². The van der Waals surface area contributed by atoms with E-state index in [9.17, 15) is 5.11 Å². The normalized spacial score (nSPS) is 12.3. The Kier molecular flexibility index (Phi) is 6.49. The summed E-state index contributed by atoms with van der Waals surface area (Å²) in [6.07, 6.45) is 1.47. The number of hydrogen-bond donors (Lipinski definition) is 1. The zero-order chi connectivity index (χ0) is 15.8. The number of benzene rings is 2. The van der Waals surface area contributed by atoms with Crippen molar-refractivity contribution in [3.63, 3.8) is 0 Å². The Morgan fingerprint density at radius 3 is 2.36 bits per heavy atom. The summed E-state index contributed by atoms with van der Waals surface area (Å²) in [5.41, 5.74) is 0. The van der Waals surface area contributed by atoms with Gasteiger partial charge >= 0.3 is 0 Å². The van der Waals surface area contributed by atoms with Gasteiger partial charge < -0.3 is 19.3 Å². The van der Waals surface area contributed by atoms with E-state index in [1.165, 1.54) is 0 Å². The Bertz CT molecular complexity index is 582. The van der Waals surface area contributed by atoms with Crippen LogP contribution in [-0.2, 0) is 4.74 Å². The minimum absolute atomic E-state index is 0.211. The highest BCUT2D eigenvalue weighted by Crippen LogP contribution is 2.32. The van der Waals surface area contributed by atoms with Crippen molar-refractivity contribution in [3.8, 4) is 11.5 Å². The second-order valence-corrected chi connectivity index (χ2v) is 5.20. The number of ether oxygens (including phenoxy) is 3. The summed E-state index contributed by atoms with van der Waals surface area (Å²) >= 11 is 0. The third kappa shape index (κ3) is 4.36. The van der Waals surface area contributed by atoms with Gasteiger partial charge in [0, 0.05) is 17.4 Å². The number of aliphatic hydroxyl groups excluding tert-OH is 1. The largest absolute Gasteiger partial charge is 0.496 e. The van der Waals surface area contributed by atoms with Crippen LogP contribution in [0.15, 0.2) is 36.4 Å². The van der Waals surface area contributed by atoms with E-state index >= 15 is 0 Å². The fraction of sp³-hybridized carbons (Fsp3) is 0.444. The van der Waals surface area contributed by atoms with E-state index < -0.39 is 6.10 Å². The molecule has 1 unspecified atom stereocenters. The molecule has 2 rings (SSSR count). The van der Waals surface area contributed by atoms with E-state index in [2.05, 4.69) is 6.92 Å². The zero-order valence-corrected chi connectivity index (χ0v) is 13.2. The van der Waals surface area contributed by atoms with Gasteiger partial charge in [-0.05, 0) is 18.6 Å². The van der Waals surface area contributed by atoms with E-state index in [0.717, 1.165) is 35.1 Å². The molecule has 0 amide bonds. The van der Waals surface area contributed by atoms with E-state index in [-0.39, 0.29) is 6.61 Å². The van der Waals surface area contributed by atoms with Crippen LogP contribution < -0.4 is 9.47 Å². The van der Waals surface area contributed by atoms with Gasteiger partial charge in [-0.2, -0.15) is 0 Å². The first kappa shape index (κ1) is 16.6. The zero-order valence-electron chi connectivity index (χ0n) is 13.2. The first-order valence-corrected chi connectivity index (χ1v) is 7.70. The molecule has 120 valence electrons. The van der Waals surface area contributed by atoms with E-state index in [0.29, 0.717) is 13.2 Å². The van der Waals surface area contributed by atoms with Crippen LogP contribution in [0.1, 0.15) is 19.8 Å². The van der Waals surface area contributed by atoms with Gasteiger partial charge in [0.15, 0.2) is 0 Å². The first-order chi connectivity index (χ1) is 10.8. The molecule has 0 saturated heterocycles. The summed E-state index contributed by atoms with van der Waals surface area (Å²) in [4.78, 5) is 0. The minimum Gasteiger partial charge on any atom is -0.496 e. The lowest BCUT2D eigenvalue weighted by Gasteiger charge is -2.15. The van der Waals surface area contributed by atoms with Crippen molar-refractivity contribution >= 4 is 10.8 Å². The average molecular weight is 304 g/mol. The summed E-state index contributed by atoms with van der Waals surface area (Å²) in [5.74, 6) is 1.55. The van der Waals surface area contributed by atoms with Crippen LogP contribution in [0, 0.1) is 0 Å². The van der Waals surface area contributed by atoms with Crippen molar-refractivity contribution in [2.75, 3.05) is 26.9 Å². The maximum absolute atomic E-state index is 9.91. The molecule has 2 aromatic carbocycles. The van der Waals surface area contributed by atoms with Gasteiger partial charge in [0.25, 0.3) is 0 Å². The molecule has 1 N–H and O–H groups in total. The van der Waals surface area contributed by atoms with Gasteiger partial charge in [-0.15, -0.1) is 0 Å². The van der Waals surface area contributed by atoms with Crippen LogP contribution in [0.4, 0.5) is 0 Å². The maximum atomic E-state index is 9.91. The summed E-state index contributed by atoms with van der Waals surface area (Å²) in [6, 6.07) is 11.6.